The van der Waals surface area contributed by atoms with Crippen molar-refractivity contribution in [1.82, 2.24) is 14.3 Å². The molecule has 0 radical (unpaired) electrons. The van der Waals surface area contributed by atoms with Gasteiger partial charge in [-0.15, -0.1) is 0 Å². The number of carbonyl (C=O) groups is 1. The Balaban J connectivity index is 1.40. The number of imidazole rings is 1. The number of carbonyl (C=O) groups excluding carboxylic acids is 1. The fraction of sp³-hybridized carbons (Fsp3) is 0.364. The minimum Gasteiger partial charge on any atom is -0.375 e. The van der Waals surface area contributed by atoms with Gasteiger partial charge in [-0.05, 0) is 43.9 Å². The van der Waals surface area contributed by atoms with Crippen molar-refractivity contribution in [2.24, 2.45) is 0 Å². The Hall–Kier alpha value is -2.66. The van der Waals surface area contributed by atoms with E-state index in [0.29, 0.717) is 25.4 Å². The first kappa shape index (κ1) is 17.7. The number of nitrogens with zero attached hydrogens (tertiary/aromatic N) is 3. The summed E-state index contributed by atoms with van der Waals surface area (Å²) in [5.74, 6) is 0.0440. The highest BCUT2D eigenvalue weighted by Gasteiger charge is 2.28. The quantitative estimate of drug-likeness (QED) is 0.697. The summed E-state index contributed by atoms with van der Waals surface area (Å²) in [6.07, 6.45) is 5.07. The zero-order chi connectivity index (χ0) is 18.6. The van der Waals surface area contributed by atoms with E-state index in [0.717, 1.165) is 30.6 Å². The Morgan fingerprint density at radius 1 is 1.19 bits per heavy atom. The van der Waals surface area contributed by atoms with Crippen LogP contribution in [0, 0.1) is 6.92 Å². The second-order valence-electron chi connectivity index (χ2n) is 7.10. The van der Waals surface area contributed by atoms with Gasteiger partial charge >= 0.3 is 0 Å². The molecule has 1 aromatic carbocycles. The van der Waals surface area contributed by atoms with E-state index in [1.54, 1.807) is 0 Å². The lowest BCUT2D eigenvalue weighted by atomic mass is 10.0. The number of morpholine rings is 1. The van der Waals surface area contributed by atoms with Crippen LogP contribution in [0.15, 0.2) is 54.7 Å². The molecule has 0 aliphatic carbocycles. The van der Waals surface area contributed by atoms with Crippen LogP contribution in [0.3, 0.4) is 0 Å². The summed E-state index contributed by atoms with van der Waals surface area (Å²) in [5.41, 5.74) is 3.60. The van der Waals surface area contributed by atoms with Crippen molar-refractivity contribution in [3.63, 3.8) is 0 Å². The lowest BCUT2D eigenvalue weighted by molar-refractivity contribution is -0.0257. The van der Waals surface area contributed by atoms with Crippen molar-refractivity contribution in [1.29, 1.82) is 0 Å². The summed E-state index contributed by atoms with van der Waals surface area (Å²) >= 11 is 0. The highest BCUT2D eigenvalue weighted by Crippen LogP contribution is 2.18. The third-order valence-electron chi connectivity index (χ3n) is 5.17. The van der Waals surface area contributed by atoms with E-state index < -0.39 is 0 Å². The van der Waals surface area contributed by atoms with Crippen molar-refractivity contribution in [2.75, 3.05) is 19.7 Å². The maximum absolute atomic E-state index is 13.1. The SMILES string of the molecule is Cc1nc2ccccn2c1C(=O)N1CCO[C@@H](CCCc2ccccc2)C1. The first-order valence-corrected chi connectivity index (χ1v) is 9.61. The molecule has 1 aliphatic rings. The van der Waals surface area contributed by atoms with E-state index in [2.05, 4.69) is 29.2 Å². The predicted octanol–water partition coefficient (Wildman–Crippen LogP) is 3.51. The van der Waals surface area contributed by atoms with Gasteiger partial charge in [0, 0.05) is 19.3 Å². The van der Waals surface area contributed by atoms with Gasteiger partial charge in [-0.1, -0.05) is 36.4 Å². The summed E-state index contributed by atoms with van der Waals surface area (Å²) in [4.78, 5) is 19.6. The highest BCUT2D eigenvalue weighted by atomic mass is 16.5. The van der Waals surface area contributed by atoms with Crippen LogP contribution in [-0.4, -0.2) is 46.0 Å². The van der Waals surface area contributed by atoms with Crippen molar-refractivity contribution < 1.29 is 9.53 Å². The van der Waals surface area contributed by atoms with Crippen molar-refractivity contribution >= 4 is 11.6 Å². The van der Waals surface area contributed by atoms with Gasteiger partial charge < -0.3 is 9.64 Å². The second-order valence-corrected chi connectivity index (χ2v) is 7.10. The van der Waals surface area contributed by atoms with Crippen LogP contribution in [0.5, 0.6) is 0 Å². The van der Waals surface area contributed by atoms with E-state index >= 15 is 0 Å². The molecule has 3 heterocycles. The van der Waals surface area contributed by atoms with Gasteiger partial charge in [-0.25, -0.2) is 4.98 Å². The monoisotopic (exact) mass is 363 g/mol. The molecule has 1 atom stereocenters. The number of amides is 1. The fourth-order valence-corrected chi connectivity index (χ4v) is 3.78. The zero-order valence-corrected chi connectivity index (χ0v) is 15.7. The summed E-state index contributed by atoms with van der Waals surface area (Å²) in [6, 6.07) is 16.3. The lowest BCUT2D eigenvalue weighted by Gasteiger charge is -2.33. The number of aromatic nitrogens is 2. The van der Waals surface area contributed by atoms with Crippen LogP contribution < -0.4 is 0 Å². The molecule has 5 nitrogen and oxygen atoms in total. The minimum atomic E-state index is 0.0440. The summed E-state index contributed by atoms with van der Waals surface area (Å²) in [7, 11) is 0. The molecule has 27 heavy (non-hydrogen) atoms. The van der Waals surface area contributed by atoms with Gasteiger partial charge in [0.2, 0.25) is 0 Å². The molecular weight excluding hydrogens is 338 g/mol. The number of hydrogen-bond donors (Lipinski definition) is 0. The topological polar surface area (TPSA) is 46.8 Å². The molecule has 3 aromatic rings. The number of ether oxygens (including phenoxy) is 1. The van der Waals surface area contributed by atoms with Crippen LogP contribution in [0.25, 0.3) is 5.65 Å². The third-order valence-corrected chi connectivity index (χ3v) is 5.17. The standard InChI is InChI=1S/C22H25N3O2/c1-17-21(25-13-6-5-12-20(25)23-17)22(26)24-14-15-27-19(16-24)11-7-10-18-8-3-2-4-9-18/h2-6,8-9,12-13,19H,7,10-11,14-16H2,1H3/t19-/m0/s1. The second kappa shape index (κ2) is 7.92. The minimum absolute atomic E-state index is 0.0440. The van der Waals surface area contributed by atoms with Gasteiger partial charge in [0.1, 0.15) is 11.3 Å². The fourth-order valence-electron chi connectivity index (χ4n) is 3.78. The van der Waals surface area contributed by atoms with Crippen LogP contribution in [0.4, 0.5) is 0 Å². The molecule has 2 aromatic heterocycles. The Kier molecular flexibility index (Phi) is 5.21. The maximum Gasteiger partial charge on any atom is 0.272 e. The number of pyridine rings is 1. The molecule has 0 N–H and O–H groups in total. The van der Waals surface area contributed by atoms with E-state index in [4.69, 9.17) is 4.74 Å². The van der Waals surface area contributed by atoms with E-state index in [1.807, 2.05) is 46.7 Å². The van der Waals surface area contributed by atoms with Crippen molar-refractivity contribution in [3.05, 3.63) is 71.7 Å². The number of fused-ring (bicyclic) bond motifs is 1. The Morgan fingerprint density at radius 3 is 2.85 bits per heavy atom. The van der Waals surface area contributed by atoms with Gasteiger partial charge in [-0.3, -0.25) is 9.20 Å². The van der Waals surface area contributed by atoms with Crippen LogP contribution in [0.1, 0.15) is 34.6 Å². The van der Waals surface area contributed by atoms with E-state index in [-0.39, 0.29) is 12.0 Å². The zero-order valence-electron chi connectivity index (χ0n) is 15.7. The van der Waals surface area contributed by atoms with Gasteiger partial charge in [-0.2, -0.15) is 0 Å². The van der Waals surface area contributed by atoms with E-state index in [1.165, 1.54) is 5.56 Å². The Labute approximate surface area is 159 Å². The van der Waals surface area contributed by atoms with Crippen LogP contribution >= 0.6 is 0 Å². The molecule has 0 spiro atoms. The Morgan fingerprint density at radius 2 is 2.00 bits per heavy atom. The molecule has 0 saturated carbocycles. The average Bonchev–Trinajstić information content (AvgIpc) is 3.04. The van der Waals surface area contributed by atoms with Crippen LogP contribution in [0.2, 0.25) is 0 Å². The molecule has 140 valence electrons. The summed E-state index contributed by atoms with van der Waals surface area (Å²) in [5, 5.41) is 0. The van der Waals surface area contributed by atoms with Crippen molar-refractivity contribution in [2.45, 2.75) is 32.3 Å². The molecule has 1 aliphatic heterocycles. The largest absolute Gasteiger partial charge is 0.375 e. The number of rotatable bonds is 5. The molecular formula is C22H25N3O2. The molecule has 5 heteroatoms. The van der Waals surface area contributed by atoms with Crippen molar-refractivity contribution in [3.8, 4) is 0 Å². The molecule has 0 unspecified atom stereocenters. The molecule has 1 saturated heterocycles. The molecule has 4 rings (SSSR count). The number of aryl methyl sites for hydroxylation is 2. The first-order chi connectivity index (χ1) is 13.2. The van der Waals surface area contributed by atoms with Crippen LogP contribution in [-0.2, 0) is 11.2 Å². The van der Waals surface area contributed by atoms with Gasteiger partial charge in [0.05, 0.1) is 18.4 Å². The molecule has 0 bridgehead atoms. The highest BCUT2D eigenvalue weighted by molar-refractivity contribution is 5.94. The number of benzene rings is 1. The van der Waals surface area contributed by atoms with E-state index in [9.17, 15) is 4.79 Å². The third kappa shape index (κ3) is 3.88. The van der Waals surface area contributed by atoms with Gasteiger partial charge in [0.25, 0.3) is 5.91 Å². The lowest BCUT2D eigenvalue weighted by Crippen LogP contribution is -2.46. The smallest absolute Gasteiger partial charge is 0.272 e. The maximum atomic E-state index is 13.1. The first-order valence-electron chi connectivity index (χ1n) is 9.61. The summed E-state index contributed by atoms with van der Waals surface area (Å²) < 4.78 is 7.80. The predicted molar refractivity (Wildman–Crippen MR) is 105 cm³/mol. The molecule has 1 fully saturated rings. The Bertz CT molecular complexity index is 920. The molecule has 1 amide bonds. The number of hydrogen-bond acceptors (Lipinski definition) is 3. The van der Waals surface area contributed by atoms with Gasteiger partial charge in [0.15, 0.2) is 0 Å². The normalized spacial score (nSPS) is 17.4. The summed E-state index contributed by atoms with van der Waals surface area (Å²) in [6.45, 7) is 3.77. The average molecular weight is 363 g/mol.